The van der Waals surface area contributed by atoms with Crippen LogP contribution in [0.2, 0.25) is 0 Å². The summed E-state index contributed by atoms with van der Waals surface area (Å²) in [6.45, 7) is 1.81. The maximum Gasteiger partial charge on any atom is 0.294 e. The minimum Gasteiger partial charge on any atom is -0.393 e. The fourth-order valence-electron chi connectivity index (χ4n) is 2.15. The Kier molecular flexibility index (Phi) is 5.30. The second-order valence-electron chi connectivity index (χ2n) is 5.08. The van der Waals surface area contributed by atoms with Crippen LogP contribution in [0.4, 0.5) is 17.1 Å². The Balaban J connectivity index is 2.55. The predicted octanol–water partition coefficient (Wildman–Crippen LogP) is 2.92. The molecule has 2 aromatic carbocycles. The molecule has 0 radical (unpaired) electrons. The molecule has 0 heterocycles. The number of sulfonamides is 1. The van der Waals surface area contributed by atoms with Gasteiger partial charge in [0, 0.05) is 18.5 Å². The van der Waals surface area contributed by atoms with Crippen molar-refractivity contribution in [2.75, 3.05) is 22.5 Å². The molecule has 2 N–H and O–H groups in total. The van der Waals surface area contributed by atoms with Crippen LogP contribution in [0.5, 0.6) is 0 Å². The molecule has 9 heteroatoms. The summed E-state index contributed by atoms with van der Waals surface area (Å²) in [6, 6.07) is 10.2. The quantitative estimate of drug-likeness (QED) is 0.364. The molecule has 0 bridgehead atoms. The zero-order chi connectivity index (χ0) is 17.9. The fourth-order valence-corrected chi connectivity index (χ4v) is 3.87. The van der Waals surface area contributed by atoms with E-state index in [-0.39, 0.29) is 34.4 Å². The van der Waals surface area contributed by atoms with Gasteiger partial charge in [0.05, 0.1) is 15.5 Å². The fraction of sp³-hybridized carbons (Fsp3) is 0.200. The van der Waals surface area contributed by atoms with E-state index in [0.717, 1.165) is 15.9 Å². The van der Waals surface area contributed by atoms with Gasteiger partial charge < -0.3 is 5.73 Å². The van der Waals surface area contributed by atoms with Crippen LogP contribution in [0.1, 0.15) is 5.56 Å². The summed E-state index contributed by atoms with van der Waals surface area (Å²) < 4.78 is 26.8. The molecule has 0 amide bonds. The van der Waals surface area contributed by atoms with Crippen molar-refractivity contribution in [2.24, 2.45) is 0 Å². The van der Waals surface area contributed by atoms with E-state index in [2.05, 4.69) is 0 Å². The van der Waals surface area contributed by atoms with Crippen molar-refractivity contribution < 1.29 is 13.3 Å². The van der Waals surface area contributed by atoms with Gasteiger partial charge in [-0.2, -0.15) is 0 Å². The van der Waals surface area contributed by atoms with Crippen LogP contribution >= 0.6 is 11.6 Å². The summed E-state index contributed by atoms with van der Waals surface area (Å²) in [6.07, 6.45) is 0. The first kappa shape index (κ1) is 18.0. The van der Waals surface area contributed by atoms with E-state index in [1.54, 1.807) is 12.1 Å². The van der Waals surface area contributed by atoms with Crippen molar-refractivity contribution in [3.63, 3.8) is 0 Å². The van der Waals surface area contributed by atoms with Gasteiger partial charge in [0.1, 0.15) is 5.69 Å². The predicted molar refractivity (Wildman–Crippen MR) is 93.9 cm³/mol. The van der Waals surface area contributed by atoms with Gasteiger partial charge in [-0.1, -0.05) is 17.7 Å². The van der Waals surface area contributed by atoms with E-state index in [1.165, 1.54) is 24.3 Å². The van der Waals surface area contributed by atoms with Crippen LogP contribution in [-0.2, 0) is 10.0 Å². The van der Waals surface area contributed by atoms with Crippen molar-refractivity contribution in [2.45, 2.75) is 11.8 Å². The van der Waals surface area contributed by atoms with Gasteiger partial charge in [0.2, 0.25) is 0 Å². The number of rotatable bonds is 6. The highest BCUT2D eigenvalue weighted by molar-refractivity contribution is 7.92. The summed E-state index contributed by atoms with van der Waals surface area (Å²) in [5.74, 6) is 0.0310. The van der Waals surface area contributed by atoms with Gasteiger partial charge in [-0.3, -0.25) is 14.4 Å². The molecular formula is C15H16ClN3O4S. The Morgan fingerprint density at radius 3 is 2.38 bits per heavy atom. The molecule has 0 aliphatic rings. The second kappa shape index (κ2) is 7.06. The summed E-state index contributed by atoms with van der Waals surface area (Å²) in [4.78, 5) is 10.5. The molecule has 24 heavy (non-hydrogen) atoms. The Bertz CT molecular complexity index is 854. The molecule has 0 aromatic heterocycles. The number of hydrogen-bond acceptors (Lipinski definition) is 5. The molecular weight excluding hydrogens is 354 g/mol. The maximum atomic E-state index is 12.9. The average Bonchev–Trinajstić information content (AvgIpc) is 2.53. The molecule has 0 aliphatic heterocycles. The number of halogens is 1. The van der Waals surface area contributed by atoms with E-state index in [4.69, 9.17) is 17.3 Å². The summed E-state index contributed by atoms with van der Waals surface area (Å²) in [7, 11) is -3.90. The number of nitro benzene ring substituents is 1. The van der Waals surface area contributed by atoms with E-state index in [0.29, 0.717) is 0 Å². The van der Waals surface area contributed by atoms with E-state index < -0.39 is 14.9 Å². The lowest BCUT2D eigenvalue weighted by molar-refractivity contribution is -0.383. The van der Waals surface area contributed by atoms with Crippen molar-refractivity contribution in [3.05, 3.63) is 58.1 Å². The highest BCUT2D eigenvalue weighted by Crippen LogP contribution is 2.30. The van der Waals surface area contributed by atoms with Gasteiger partial charge in [-0.05, 0) is 31.2 Å². The minimum atomic E-state index is -3.90. The SMILES string of the molecule is Cc1ccc(S(=O)(=O)N(CCCl)c2ccc(N)c([N+](=O)[O-])c2)cc1. The van der Waals surface area contributed by atoms with Gasteiger partial charge in [0.25, 0.3) is 15.7 Å². The van der Waals surface area contributed by atoms with Gasteiger partial charge in [0.15, 0.2) is 0 Å². The Hall–Kier alpha value is -2.32. The molecule has 0 atom stereocenters. The number of aryl methyl sites for hydroxylation is 1. The van der Waals surface area contributed by atoms with Crippen LogP contribution in [0, 0.1) is 17.0 Å². The molecule has 0 aliphatic carbocycles. The van der Waals surface area contributed by atoms with Crippen molar-refractivity contribution in [3.8, 4) is 0 Å². The van der Waals surface area contributed by atoms with Crippen LogP contribution in [-0.4, -0.2) is 25.8 Å². The van der Waals surface area contributed by atoms with Crippen molar-refractivity contribution in [1.29, 1.82) is 0 Å². The third-order valence-electron chi connectivity index (χ3n) is 3.40. The zero-order valence-corrected chi connectivity index (χ0v) is 14.4. The molecule has 2 rings (SSSR count). The average molecular weight is 370 g/mol. The molecule has 0 unspecified atom stereocenters. The number of alkyl halides is 1. The molecule has 2 aromatic rings. The highest BCUT2D eigenvalue weighted by Gasteiger charge is 2.26. The maximum absolute atomic E-state index is 12.9. The summed E-state index contributed by atoms with van der Waals surface area (Å²) in [5, 5.41) is 11.0. The minimum absolute atomic E-state index is 0.0289. The number of nitrogen functional groups attached to an aromatic ring is 1. The van der Waals surface area contributed by atoms with E-state index in [9.17, 15) is 18.5 Å². The van der Waals surface area contributed by atoms with Gasteiger partial charge >= 0.3 is 0 Å². The first-order valence-electron chi connectivity index (χ1n) is 6.96. The molecule has 128 valence electrons. The number of anilines is 2. The lowest BCUT2D eigenvalue weighted by atomic mass is 10.2. The largest absolute Gasteiger partial charge is 0.393 e. The normalized spacial score (nSPS) is 11.2. The Morgan fingerprint density at radius 2 is 1.83 bits per heavy atom. The smallest absolute Gasteiger partial charge is 0.294 e. The molecule has 7 nitrogen and oxygen atoms in total. The summed E-state index contributed by atoms with van der Waals surface area (Å²) >= 11 is 5.73. The van der Waals surface area contributed by atoms with Crippen LogP contribution in [0.25, 0.3) is 0 Å². The van der Waals surface area contributed by atoms with Crippen LogP contribution in [0.15, 0.2) is 47.4 Å². The first-order chi connectivity index (χ1) is 11.3. The van der Waals surface area contributed by atoms with E-state index >= 15 is 0 Å². The third kappa shape index (κ3) is 3.60. The third-order valence-corrected chi connectivity index (χ3v) is 5.41. The molecule has 0 spiro atoms. The number of nitro groups is 1. The lowest BCUT2D eigenvalue weighted by Crippen LogP contribution is -2.32. The van der Waals surface area contributed by atoms with Crippen LogP contribution < -0.4 is 10.0 Å². The zero-order valence-electron chi connectivity index (χ0n) is 12.8. The van der Waals surface area contributed by atoms with E-state index in [1.807, 2.05) is 6.92 Å². The van der Waals surface area contributed by atoms with Gasteiger partial charge in [-0.15, -0.1) is 11.6 Å². The number of nitrogens with zero attached hydrogens (tertiary/aromatic N) is 2. The number of hydrogen-bond donors (Lipinski definition) is 1. The first-order valence-corrected chi connectivity index (χ1v) is 8.94. The summed E-state index contributed by atoms with van der Waals surface area (Å²) in [5.41, 5.74) is 6.22. The Morgan fingerprint density at radius 1 is 1.21 bits per heavy atom. The van der Waals surface area contributed by atoms with Crippen LogP contribution in [0.3, 0.4) is 0 Å². The number of benzene rings is 2. The van der Waals surface area contributed by atoms with Crippen molar-refractivity contribution >= 4 is 38.7 Å². The van der Waals surface area contributed by atoms with Gasteiger partial charge in [-0.25, -0.2) is 8.42 Å². The Labute approximate surface area is 144 Å². The molecule has 0 fully saturated rings. The standard InChI is InChI=1S/C15H16ClN3O4S/c1-11-2-5-13(6-3-11)24(22,23)18(9-8-16)12-4-7-14(17)15(10-12)19(20)21/h2-7,10H,8-9,17H2,1H3. The van der Waals surface area contributed by atoms with Crippen molar-refractivity contribution in [1.82, 2.24) is 0 Å². The monoisotopic (exact) mass is 369 g/mol. The topological polar surface area (TPSA) is 107 Å². The lowest BCUT2D eigenvalue weighted by Gasteiger charge is -2.23. The number of nitrogens with two attached hydrogens (primary N) is 1. The second-order valence-corrected chi connectivity index (χ2v) is 7.32. The molecule has 0 saturated heterocycles. The highest BCUT2D eigenvalue weighted by atomic mass is 35.5. The molecule has 0 saturated carbocycles.